The summed E-state index contributed by atoms with van der Waals surface area (Å²) in [6, 6.07) is 4.09. The molecule has 0 bridgehead atoms. The monoisotopic (exact) mass is 421 g/mol. The Kier molecular flexibility index (Phi) is 5.76. The molecule has 0 aliphatic heterocycles. The molecule has 0 aliphatic carbocycles. The van der Waals surface area contributed by atoms with Crippen LogP contribution < -0.4 is 10.9 Å². The summed E-state index contributed by atoms with van der Waals surface area (Å²) in [5, 5.41) is 16.0. The zero-order valence-electron chi connectivity index (χ0n) is 10.5. The van der Waals surface area contributed by atoms with E-state index in [0.717, 1.165) is 16.8 Å². The van der Waals surface area contributed by atoms with Gasteiger partial charge < -0.3 is 10.4 Å². The van der Waals surface area contributed by atoms with Gasteiger partial charge in [0.15, 0.2) is 0 Å². The highest BCUT2D eigenvalue weighted by molar-refractivity contribution is 9.11. The predicted octanol–water partition coefficient (Wildman–Crippen LogP) is 2.48. The zero-order chi connectivity index (χ0) is 14.5. The molecule has 0 saturated heterocycles. The Hall–Kier alpha value is -0.700. The van der Waals surface area contributed by atoms with Gasteiger partial charge in [-0.1, -0.05) is 0 Å². The number of halogens is 2. The fraction of sp³-hybridized carbons (Fsp3) is 0.333. The maximum absolute atomic E-state index is 11.9. The second-order valence-electron chi connectivity index (χ2n) is 4.01. The van der Waals surface area contributed by atoms with Crippen molar-refractivity contribution in [2.24, 2.45) is 0 Å². The number of thiophene rings is 1. The topological polar surface area (TPSA) is 67.2 Å². The van der Waals surface area contributed by atoms with Crippen LogP contribution >= 0.6 is 43.2 Å². The Labute approximate surface area is 136 Å². The van der Waals surface area contributed by atoms with Gasteiger partial charge >= 0.3 is 0 Å². The van der Waals surface area contributed by atoms with Gasteiger partial charge in [0, 0.05) is 11.4 Å². The molecule has 5 nitrogen and oxygen atoms in total. The highest BCUT2D eigenvalue weighted by Gasteiger charge is 2.08. The van der Waals surface area contributed by atoms with Gasteiger partial charge in [-0.2, -0.15) is 5.10 Å². The summed E-state index contributed by atoms with van der Waals surface area (Å²) in [6.07, 6.45) is 2.47. The molecular formula is C12H13Br2N3O2S. The largest absolute Gasteiger partial charge is 0.394 e. The summed E-state index contributed by atoms with van der Waals surface area (Å²) in [6.45, 7) is 0.803. The summed E-state index contributed by atoms with van der Waals surface area (Å²) < 4.78 is 2.78. The third-order valence-corrected chi connectivity index (χ3v) is 5.06. The van der Waals surface area contributed by atoms with Gasteiger partial charge in [-0.05, 0) is 50.4 Å². The van der Waals surface area contributed by atoms with E-state index >= 15 is 0 Å². The van der Waals surface area contributed by atoms with Gasteiger partial charge in [0.05, 0.1) is 28.8 Å². The molecular weight excluding hydrogens is 410 g/mol. The number of aliphatic hydroxyl groups excluding tert-OH is 1. The van der Waals surface area contributed by atoms with Crippen LogP contribution in [0.5, 0.6) is 0 Å². The summed E-state index contributed by atoms with van der Waals surface area (Å²) >= 11 is 8.39. The minimum absolute atomic E-state index is 0.112. The van der Waals surface area contributed by atoms with Crippen LogP contribution in [0, 0.1) is 0 Å². The second kappa shape index (κ2) is 7.35. The van der Waals surface area contributed by atoms with Crippen molar-refractivity contribution in [3.8, 4) is 0 Å². The molecule has 2 rings (SSSR count). The Morgan fingerprint density at radius 3 is 2.85 bits per heavy atom. The van der Waals surface area contributed by atoms with Crippen molar-refractivity contribution in [1.29, 1.82) is 0 Å². The fourth-order valence-electron chi connectivity index (χ4n) is 1.65. The Morgan fingerprint density at radius 1 is 1.40 bits per heavy atom. The van der Waals surface area contributed by atoms with E-state index in [1.807, 2.05) is 6.07 Å². The van der Waals surface area contributed by atoms with Crippen LogP contribution in [-0.4, -0.2) is 28.0 Å². The number of hydrogen-bond acceptors (Lipinski definition) is 5. The molecule has 0 radical (unpaired) electrons. The first-order valence-electron chi connectivity index (χ1n) is 5.96. The summed E-state index contributed by atoms with van der Waals surface area (Å²) in [5.74, 6) is 0. The molecule has 0 aliphatic rings. The summed E-state index contributed by atoms with van der Waals surface area (Å²) in [5.41, 5.74) is 0.419. The molecule has 2 aromatic heterocycles. The van der Waals surface area contributed by atoms with Crippen LogP contribution in [0.2, 0.25) is 0 Å². The number of nitrogens with one attached hydrogen (secondary N) is 1. The Balaban J connectivity index is 1.99. The minimum atomic E-state index is -0.247. The third-order valence-electron chi connectivity index (χ3n) is 2.61. The quantitative estimate of drug-likeness (QED) is 0.750. The summed E-state index contributed by atoms with van der Waals surface area (Å²) in [7, 11) is 0. The molecule has 8 heteroatoms. The molecule has 0 atom stereocenters. The van der Waals surface area contributed by atoms with Gasteiger partial charge in [-0.25, -0.2) is 4.68 Å². The third kappa shape index (κ3) is 3.91. The number of aromatic nitrogens is 2. The molecule has 0 aromatic carbocycles. The van der Waals surface area contributed by atoms with Gasteiger partial charge in [0.25, 0.3) is 5.56 Å². The Bertz CT molecular complexity index is 642. The second-order valence-corrected chi connectivity index (χ2v) is 7.35. The summed E-state index contributed by atoms with van der Waals surface area (Å²) in [4.78, 5) is 13.2. The lowest BCUT2D eigenvalue weighted by molar-refractivity contribution is 0.266. The maximum atomic E-state index is 11.9. The SMILES string of the molecule is O=c1c(Br)c(NCCc2ccc(Br)s2)cnn1CCO. The smallest absolute Gasteiger partial charge is 0.283 e. The molecule has 20 heavy (non-hydrogen) atoms. The highest BCUT2D eigenvalue weighted by atomic mass is 79.9. The van der Waals surface area contributed by atoms with Crippen LogP contribution in [-0.2, 0) is 13.0 Å². The predicted molar refractivity (Wildman–Crippen MR) is 87.5 cm³/mol. The average Bonchev–Trinajstić information content (AvgIpc) is 2.84. The number of rotatable bonds is 6. The first-order valence-corrected chi connectivity index (χ1v) is 8.36. The number of nitrogens with zero attached hydrogens (tertiary/aromatic N) is 2. The van der Waals surface area contributed by atoms with E-state index in [0.29, 0.717) is 10.2 Å². The molecule has 0 spiro atoms. The first kappa shape index (κ1) is 15.7. The van der Waals surface area contributed by atoms with E-state index < -0.39 is 0 Å². The van der Waals surface area contributed by atoms with Crippen molar-refractivity contribution in [3.05, 3.63) is 41.8 Å². The van der Waals surface area contributed by atoms with E-state index in [9.17, 15) is 4.79 Å². The fourth-order valence-corrected chi connectivity index (χ4v) is 3.58. The van der Waals surface area contributed by atoms with Crippen LogP contribution in [0.1, 0.15) is 4.88 Å². The van der Waals surface area contributed by atoms with Gasteiger partial charge in [-0.15, -0.1) is 11.3 Å². The average molecular weight is 423 g/mol. The molecule has 2 N–H and O–H groups in total. The lowest BCUT2D eigenvalue weighted by Gasteiger charge is -2.09. The zero-order valence-corrected chi connectivity index (χ0v) is 14.5. The van der Waals surface area contributed by atoms with E-state index in [1.165, 1.54) is 9.56 Å². The molecule has 2 aromatic rings. The Morgan fingerprint density at radius 2 is 2.20 bits per heavy atom. The highest BCUT2D eigenvalue weighted by Crippen LogP contribution is 2.22. The van der Waals surface area contributed by atoms with Crippen LogP contribution in [0.15, 0.2) is 31.4 Å². The normalized spacial score (nSPS) is 10.8. The van der Waals surface area contributed by atoms with E-state index in [-0.39, 0.29) is 18.7 Å². The first-order chi connectivity index (χ1) is 9.61. The molecule has 0 fully saturated rings. The van der Waals surface area contributed by atoms with Crippen molar-refractivity contribution >= 4 is 48.9 Å². The van der Waals surface area contributed by atoms with Crippen molar-refractivity contribution in [2.75, 3.05) is 18.5 Å². The lowest BCUT2D eigenvalue weighted by atomic mass is 10.3. The maximum Gasteiger partial charge on any atom is 0.283 e. The van der Waals surface area contributed by atoms with Crippen molar-refractivity contribution in [3.63, 3.8) is 0 Å². The van der Waals surface area contributed by atoms with E-state index in [2.05, 4.69) is 48.3 Å². The molecule has 0 amide bonds. The molecule has 108 valence electrons. The van der Waals surface area contributed by atoms with Crippen LogP contribution in [0.25, 0.3) is 0 Å². The standard InChI is InChI=1S/C12H13Br2N3O2S/c13-10-2-1-8(20-10)3-4-15-9-7-16-17(5-6-18)12(19)11(9)14/h1-2,7,15,18H,3-6H2. The van der Waals surface area contributed by atoms with Crippen molar-refractivity contribution in [1.82, 2.24) is 9.78 Å². The number of hydrogen-bond donors (Lipinski definition) is 2. The van der Waals surface area contributed by atoms with Gasteiger partial charge in [-0.3, -0.25) is 4.79 Å². The van der Waals surface area contributed by atoms with Crippen LogP contribution in [0.4, 0.5) is 5.69 Å². The lowest BCUT2D eigenvalue weighted by Crippen LogP contribution is -2.26. The molecule has 2 heterocycles. The van der Waals surface area contributed by atoms with Crippen LogP contribution in [0.3, 0.4) is 0 Å². The van der Waals surface area contributed by atoms with E-state index in [4.69, 9.17) is 5.11 Å². The number of anilines is 1. The van der Waals surface area contributed by atoms with Gasteiger partial charge in [0.2, 0.25) is 0 Å². The van der Waals surface area contributed by atoms with Crippen molar-refractivity contribution < 1.29 is 5.11 Å². The van der Waals surface area contributed by atoms with E-state index in [1.54, 1.807) is 17.5 Å². The molecule has 0 unspecified atom stereocenters. The minimum Gasteiger partial charge on any atom is -0.394 e. The number of aliphatic hydroxyl groups is 1. The van der Waals surface area contributed by atoms with Gasteiger partial charge in [0.1, 0.15) is 4.47 Å². The molecule has 0 saturated carbocycles. The van der Waals surface area contributed by atoms with Crippen molar-refractivity contribution in [2.45, 2.75) is 13.0 Å².